The topological polar surface area (TPSA) is 81.1 Å². The van der Waals surface area contributed by atoms with Crippen LogP contribution in [0.2, 0.25) is 0 Å². The Kier molecular flexibility index (Phi) is 8.42. The summed E-state index contributed by atoms with van der Waals surface area (Å²) in [5, 5.41) is 22.0. The largest absolute Gasteiger partial charge is 0.507 e. The molecule has 4 aromatic rings. The number of benzene rings is 4. The number of carbonyl (C=O) groups is 2. The molecule has 1 aliphatic carbocycles. The van der Waals surface area contributed by atoms with Crippen LogP contribution in [-0.2, 0) is 15.0 Å². The summed E-state index contributed by atoms with van der Waals surface area (Å²) in [6.45, 7) is 3.03. The van der Waals surface area contributed by atoms with Crippen LogP contribution in [0.5, 0.6) is 11.5 Å². The number of hydrogen-bond acceptors (Lipinski definition) is 4. The molecule has 0 saturated carbocycles. The molecule has 2 aliphatic heterocycles. The van der Waals surface area contributed by atoms with Crippen molar-refractivity contribution in [3.63, 3.8) is 0 Å². The number of phenolic OH excluding ortho intramolecular Hbond substituents is 2. The molecule has 0 unspecified atom stereocenters. The van der Waals surface area contributed by atoms with Crippen LogP contribution in [0.3, 0.4) is 0 Å². The number of rotatable bonds is 6. The molecule has 238 valence electrons. The minimum absolute atomic E-state index is 0.0464. The molecular formula is C41H40N2O4. The van der Waals surface area contributed by atoms with E-state index in [0.29, 0.717) is 11.1 Å². The van der Waals surface area contributed by atoms with Crippen LogP contribution in [-0.4, -0.2) is 58.0 Å². The van der Waals surface area contributed by atoms with Crippen molar-refractivity contribution in [2.24, 2.45) is 0 Å². The molecule has 0 spiro atoms. The van der Waals surface area contributed by atoms with Gasteiger partial charge in [0.05, 0.1) is 5.41 Å². The summed E-state index contributed by atoms with van der Waals surface area (Å²) in [7, 11) is 0. The SMILES string of the molecule is O=C(/C=C/c1cc(C2(c3ccc(O)c(/C=C/C(=O)N4CCCCC4)c3)c3ccccc3-c3ccccc32)ccc1O)N1CCCCC1. The summed E-state index contributed by atoms with van der Waals surface area (Å²) < 4.78 is 0. The lowest BCUT2D eigenvalue weighted by molar-refractivity contribution is -0.127. The molecule has 2 N–H and O–H groups in total. The van der Waals surface area contributed by atoms with Crippen LogP contribution in [0, 0.1) is 0 Å². The van der Waals surface area contributed by atoms with Crippen LogP contribution in [0.4, 0.5) is 0 Å². The van der Waals surface area contributed by atoms with E-state index in [-0.39, 0.29) is 23.3 Å². The quantitative estimate of drug-likeness (QED) is 0.192. The molecule has 0 bridgehead atoms. The maximum Gasteiger partial charge on any atom is 0.246 e. The predicted octanol–water partition coefficient (Wildman–Crippen LogP) is 7.51. The fourth-order valence-electron chi connectivity index (χ4n) is 7.63. The molecule has 47 heavy (non-hydrogen) atoms. The molecule has 0 aromatic heterocycles. The molecule has 0 radical (unpaired) electrons. The Balaban J connectivity index is 1.36. The van der Waals surface area contributed by atoms with Gasteiger partial charge in [-0.1, -0.05) is 60.7 Å². The number of aromatic hydroxyl groups is 2. The van der Waals surface area contributed by atoms with E-state index in [1.165, 1.54) is 0 Å². The van der Waals surface area contributed by atoms with E-state index in [9.17, 15) is 19.8 Å². The molecule has 6 heteroatoms. The van der Waals surface area contributed by atoms with Gasteiger partial charge in [0.15, 0.2) is 0 Å². The average molecular weight is 625 g/mol. The third kappa shape index (κ3) is 5.62. The molecule has 2 heterocycles. The molecule has 0 atom stereocenters. The van der Waals surface area contributed by atoms with E-state index in [1.54, 1.807) is 36.4 Å². The van der Waals surface area contributed by atoms with Crippen molar-refractivity contribution in [3.8, 4) is 22.6 Å². The van der Waals surface area contributed by atoms with Crippen LogP contribution in [0.1, 0.15) is 71.9 Å². The van der Waals surface area contributed by atoms with E-state index >= 15 is 0 Å². The van der Waals surface area contributed by atoms with E-state index in [2.05, 4.69) is 24.3 Å². The number of carbonyl (C=O) groups excluding carboxylic acids is 2. The molecule has 2 fully saturated rings. The Hall–Kier alpha value is -5.10. The zero-order valence-corrected chi connectivity index (χ0v) is 26.6. The lowest BCUT2D eigenvalue weighted by Gasteiger charge is -2.34. The molecule has 4 aromatic carbocycles. The fourth-order valence-corrected chi connectivity index (χ4v) is 7.63. The molecule has 2 amide bonds. The fraction of sp³-hybridized carbons (Fsp3) is 0.268. The zero-order chi connectivity index (χ0) is 32.4. The van der Waals surface area contributed by atoms with Gasteiger partial charge in [0.2, 0.25) is 11.8 Å². The van der Waals surface area contributed by atoms with Crippen molar-refractivity contribution in [2.45, 2.75) is 43.9 Å². The molecule has 7 rings (SSSR count). The zero-order valence-electron chi connectivity index (χ0n) is 26.6. The monoisotopic (exact) mass is 624 g/mol. The maximum absolute atomic E-state index is 13.0. The summed E-state index contributed by atoms with van der Waals surface area (Å²) in [6.07, 6.45) is 12.9. The van der Waals surface area contributed by atoms with Gasteiger partial charge in [0.1, 0.15) is 11.5 Å². The Morgan fingerprint density at radius 1 is 0.553 bits per heavy atom. The first-order valence-electron chi connectivity index (χ1n) is 16.8. The van der Waals surface area contributed by atoms with Crippen molar-refractivity contribution < 1.29 is 19.8 Å². The highest BCUT2D eigenvalue weighted by molar-refractivity contribution is 5.93. The second-order valence-corrected chi connectivity index (χ2v) is 12.8. The van der Waals surface area contributed by atoms with Gasteiger partial charge in [0.25, 0.3) is 0 Å². The first-order chi connectivity index (χ1) is 23.0. The minimum Gasteiger partial charge on any atom is -0.507 e. The number of amides is 2. The summed E-state index contributed by atoms with van der Waals surface area (Å²) >= 11 is 0. The third-order valence-electron chi connectivity index (χ3n) is 10.0. The van der Waals surface area contributed by atoms with Gasteiger partial charge in [0, 0.05) is 49.5 Å². The Bertz CT molecular complexity index is 1740. The highest BCUT2D eigenvalue weighted by Gasteiger charge is 2.46. The number of phenols is 2. The van der Waals surface area contributed by atoms with Crippen molar-refractivity contribution >= 4 is 24.0 Å². The van der Waals surface area contributed by atoms with E-state index in [1.807, 2.05) is 58.3 Å². The smallest absolute Gasteiger partial charge is 0.246 e. The Labute approximate surface area is 276 Å². The standard InChI is InChI=1S/C41H40N2O4/c44-37-19-17-31(27-29(37)15-21-39(46)42-23-7-1-8-24-42)41(35-13-5-3-11-33(35)34-12-4-6-14-36(34)41)32-18-20-38(45)30(28-32)16-22-40(47)43-25-9-2-10-26-43/h3-6,11-22,27-28,44-45H,1-2,7-10,23-26H2/b21-15+,22-16+. The van der Waals surface area contributed by atoms with Gasteiger partial charge in [-0.2, -0.15) is 0 Å². The predicted molar refractivity (Wildman–Crippen MR) is 186 cm³/mol. The first kappa shape index (κ1) is 30.5. The van der Waals surface area contributed by atoms with Gasteiger partial charge < -0.3 is 20.0 Å². The van der Waals surface area contributed by atoms with E-state index in [4.69, 9.17) is 0 Å². The maximum atomic E-state index is 13.0. The lowest BCUT2D eigenvalue weighted by atomic mass is 9.67. The summed E-state index contributed by atoms with van der Waals surface area (Å²) in [5.74, 6) is 0.0955. The molecule has 2 saturated heterocycles. The normalized spacial score (nSPS) is 17.2. The Morgan fingerprint density at radius 2 is 0.957 bits per heavy atom. The Morgan fingerprint density at radius 3 is 1.38 bits per heavy atom. The molecular weight excluding hydrogens is 584 g/mol. The second-order valence-electron chi connectivity index (χ2n) is 12.8. The highest BCUT2D eigenvalue weighted by atomic mass is 16.3. The molecule has 3 aliphatic rings. The third-order valence-corrected chi connectivity index (χ3v) is 10.0. The number of likely N-dealkylation sites (tertiary alicyclic amines) is 2. The van der Waals surface area contributed by atoms with Gasteiger partial charge in [-0.15, -0.1) is 0 Å². The number of nitrogens with zero attached hydrogens (tertiary/aromatic N) is 2. The highest BCUT2D eigenvalue weighted by Crippen LogP contribution is 2.56. The van der Waals surface area contributed by atoms with E-state index < -0.39 is 5.41 Å². The van der Waals surface area contributed by atoms with E-state index in [0.717, 1.165) is 98.1 Å². The van der Waals surface area contributed by atoms with Crippen molar-refractivity contribution in [3.05, 3.63) is 130 Å². The van der Waals surface area contributed by atoms with Gasteiger partial charge in [-0.05, 0) is 108 Å². The lowest BCUT2D eigenvalue weighted by Crippen LogP contribution is -2.34. The first-order valence-corrected chi connectivity index (χ1v) is 16.8. The van der Waals surface area contributed by atoms with Crippen LogP contribution in [0.15, 0.2) is 97.1 Å². The van der Waals surface area contributed by atoms with Crippen molar-refractivity contribution in [1.29, 1.82) is 0 Å². The van der Waals surface area contributed by atoms with Crippen LogP contribution >= 0.6 is 0 Å². The van der Waals surface area contributed by atoms with Crippen molar-refractivity contribution in [1.82, 2.24) is 9.80 Å². The van der Waals surface area contributed by atoms with Gasteiger partial charge in [-0.25, -0.2) is 0 Å². The summed E-state index contributed by atoms with van der Waals surface area (Å²) in [4.78, 5) is 29.8. The number of fused-ring (bicyclic) bond motifs is 3. The van der Waals surface area contributed by atoms with Gasteiger partial charge in [-0.3, -0.25) is 9.59 Å². The van der Waals surface area contributed by atoms with Gasteiger partial charge >= 0.3 is 0 Å². The van der Waals surface area contributed by atoms with Crippen LogP contribution < -0.4 is 0 Å². The number of piperidine rings is 2. The molecule has 6 nitrogen and oxygen atoms in total. The summed E-state index contributed by atoms with van der Waals surface area (Å²) in [5.41, 5.74) is 6.53. The number of hydrogen-bond donors (Lipinski definition) is 2. The minimum atomic E-state index is -0.798. The second kappa shape index (κ2) is 13.0. The summed E-state index contributed by atoms with van der Waals surface area (Å²) in [6, 6.07) is 27.9. The van der Waals surface area contributed by atoms with Crippen LogP contribution in [0.25, 0.3) is 23.3 Å². The van der Waals surface area contributed by atoms with Crippen molar-refractivity contribution in [2.75, 3.05) is 26.2 Å². The average Bonchev–Trinajstić information content (AvgIpc) is 3.42.